The molecule has 2 aromatic carbocycles. The summed E-state index contributed by atoms with van der Waals surface area (Å²) in [4.78, 5) is 12.0. The molecule has 0 aliphatic heterocycles. The van der Waals surface area contributed by atoms with E-state index in [2.05, 4.69) is 34.7 Å². The van der Waals surface area contributed by atoms with E-state index < -0.39 is 0 Å². The highest BCUT2D eigenvalue weighted by molar-refractivity contribution is 14.1. The van der Waals surface area contributed by atoms with Crippen LogP contribution < -0.4 is 0 Å². The molecule has 0 aliphatic carbocycles. The van der Waals surface area contributed by atoms with Gasteiger partial charge in [0, 0.05) is 15.1 Å². The minimum Gasteiger partial charge on any atom is -0.294 e. The van der Waals surface area contributed by atoms with Crippen molar-refractivity contribution in [2.75, 3.05) is 0 Å². The third kappa shape index (κ3) is 1.98. The van der Waals surface area contributed by atoms with E-state index in [1.807, 2.05) is 38.1 Å². The van der Waals surface area contributed by atoms with Crippen LogP contribution in [0.5, 0.6) is 0 Å². The summed E-state index contributed by atoms with van der Waals surface area (Å²) in [5.41, 5.74) is 0.842. The summed E-state index contributed by atoms with van der Waals surface area (Å²) in [6.07, 6.45) is 0. The Morgan fingerprint density at radius 2 is 1.81 bits per heavy atom. The van der Waals surface area contributed by atoms with Gasteiger partial charge in [0.2, 0.25) is 0 Å². The van der Waals surface area contributed by atoms with Gasteiger partial charge in [-0.2, -0.15) is 0 Å². The van der Waals surface area contributed by atoms with Crippen molar-refractivity contribution >= 4 is 39.1 Å². The first-order valence-corrected chi connectivity index (χ1v) is 6.40. The molecular weight excluding hydrogens is 311 g/mol. The van der Waals surface area contributed by atoms with Gasteiger partial charge in [-0.1, -0.05) is 44.2 Å². The lowest BCUT2D eigenvalue weighted by atomic mass is 9.98. The highest BCUT2D eigenvalue weighted by Crippen LogP contribution is 2.25. The summed E-state index contributed by atoms with van der Waals surface area (Å²) in [5, 5.41) is 2.35. The van der Waals surface area contributed by atoms with Crippen molar-refractivity contribution in [3.63, 3.8) is 0 Å². The molecule has 0 fully saturated rings. The summed E-state index contributed by atoms with van der Waals surface area (Å²) in [6, 6.07) is 12.1. The predicted molar refractivity (Wildman–Crippen MR) is 75.8 cm³/mol. The number of rotatable bonds is 2. The molecule has 0 heterocycles. The largest absolute Gasteiger partial charge is 0.294 e. The van der Waals surface area contributed by atoms with Gasteiger partial charge in [-0.05, 0) is 39.4 Å². The number of halogens is 1. The summed E-state index contributed by atoms with van der Waals surface area (Å²) in [6.45, 7) is 3.88. The van der Waals surface area contributed by atoms with Crippen molar-refractivity contribution in [1.82, 2.24) is 0 Å². The van der Waals surface area contributed by atoms with Crippen LogP contribution in [0.15, 0.2) is 36.4 Å². The fraction of sp³-hybridized carbons (Fsp3) is 0.214. The molecular formula is C14H13IO. The van der Waals surface area contributed by atoms with Crippen LogP contribution in [0.4, 0.5) is 0 Å². The maximum Gasteiger partial charge on any atom is 0.166 e. The minimum absolute atomic E-state index is 0.0506. The third-order valence-corrected chi connectivity index (χ3v) is 3.82. The van der Waals surface area contributed by atoms with E-state index in [0.717, 1.165) is 14.5 Å². The van der Waals surface area contributed by atoms with Gasteiger partial charge in [-0.3, -0.25) is 4.79 Å². The molecule has 0 radical (unpaired) electrons. The molecule has 1 nitrogen and oxygen atoms in total. The molecule has 2 aromatic rings. The van der Waals surface area contributed by atoms with Crippen LogP contribution in [0.1, 0.15) is 24.2 Å². The second kappa shape index (κ2) is 4.53. The van der Waals surface area contributed by atoms with E-state index in [1.165, 1.54) is 5.39 Å². The number of hydrogen-bond donors (Lipinski definition) is 0. The summed E-state index contributed by atoms with van der Waals surface area (Å²) in [7, 11) is 0. The van der Waals surface area contributed by atoms with Gasteiger partial charge < -0.3 is 0 Å². The number of benzene rings is 2. The van der Waals surface area contributed by atoms with Crippen molar-refractivity contribution < 1.29 is 4.79 Å². The van der Waals surface area contributed by atoms with Crippen molar-refractivity contribution in [3.8, 4) is 0 Å². The number of carbonyl (C=O) groups is 1. The van der Waals surface area contributed by atoms with Crippen LogP contribution >= 0.6 is 22.6 Å². The molecule has 0 atom stereocenters. The molecule has 82 valence electrons. The molecule has 0 saturated heterocycles. The molecule has 0 bridgehead atoms. The molecule has 0 unspecified atom stereocenters. The van der Waals surface area contributed by atoms with E-state index in [4.69, 9.17) is 0 Å². The lowest BCUT2D eigenvalue weighted by Gasteiger charge is -2.09. The Morgan fingerprint density at radius 3 is 2.50 bits per heavy atom. The van der Waals surface area contributed by atoms with Gasteiger partial charge in [0.25, 0.3) is 0 Å². The average molecular weight is 324 g/mol. The Kier molecular flexibility index (Phi) is 3.28. The van der Waals surface area contributed by atoms with Gasteiger partial charge in [0.05, 0.1) is 0 Å². The first-order chi connectivity index (χ1) is 7.61. The van der Waals surface area contributed by atoms with Crippen molar-refractivity contribution in [2.45, 2.75) is 13.8 Å². The summed E-state index contributed by atoms with van der Waals surface area (Å²) in [5.74, 6) is 0.268. The van der Waals surface area contributed by atoms with Gasteiger partial charge in [-0.15, -0.1) is 0 Å². The smallest absolute Gasteiger partial charge is 0.166 e. The molecule has 16 heavy (non-hydrogen) atoms. The molecule has 0 spiro atoms. The number of hydrogen-bond acceptors (Lipinski definition) is 1. The van der Waals surface area contributed by atoms with Gasteiger partial charge in [-0.25, -0.2) is 0 Å². The maximum absolute atomic E-state index is 12.0. The molecule has 0 aliphatic rings. The van der Waals surface area contributed by atoms with Crippen molar-refractivity contribution in [1.29, 1.82) is 0 Å². The summed E-state index contributed by atoms with van der Waals surface area (Å²) < 4.78 is 1.06. The quantitative estimate of drug-likeness (QED) is 0.595. The lowest BCUT2D eigenvalue weighted by Crippen LogP contribution is -2.09. The monoisotopic (exact) mass is 324 g/mol. The highest BCUT2D eigenvalue weighted by atomic mass is 127. The standard InChI is InChI=1S/C14H13IO/c1-9(2)14(16)12-8-7-10-5-3-4-6-11(10)13(12)15/h3-9H,1-2H3. The maximum atomic E-state index is 12.0. The summed E-state index contributed by atoms with van der Waals surface area (Å²) >= 11 is 2.27. The van der Waals surface area contributed by atoms with Gasteiger partial charge in [0.15, 0.2) is 5.78 Å². The Bertz CT molecular complexity index is 543. The Labute approximate surface area is 109 Å². The van der Waals surface area contributed by atoms with Crippen LogP contribution in [0.3, 0.4) is 0 Å². The molecule has 2 rings (SSSR count). The van der Waals surface area contributed by atoms with Crippen LogP contribution in [-0.4, -0.2) is 5.78 Å². The fourth-order valence-corrected chi connectivity index (χ4v) is 2.67. The zero-order chi connectivity index (χ0) is 11.7. The molecule has 2 heteroatoms. The lowest BCUT2D eigenvalue weighted by molar-refractivity contribution is 0.0938. The van der Waals surface area contributed by atoms with Crippen LogP contribution in [0.2, 0.25) is 0 Å². The number of carbonyl (C=O) groups excluding carboxylic acids is 1. The van der Waals surface area contributed by atoms with Gasteiger partial charge in [0.1, 0.15) is 0 Å². The molecule has 0 N–H and O–H groups in total. The zero-order valence-electron chi connectivity index (χ0n) is 9.33. The van der Waals surface area contributed by atoms with Crippen LogP contribution in [0, 0.1) is 9.49 Å². The number of fused-ring (bicyclic) bond motifs is 1. The minimum atomic E-state index is 0.0506. The van der Waals surface area contributed by atoms with E-state index in [9.17, 15) is 4.79 Å². The first kappa shape index (κ1) is 11.6. The number of Topliss-reactive ketones (excluding diaryl/α,β-unsaturated/α-hetero) is 1. The fourth-order valence-electron chi connectivity index (χ4n) is 1.73. The molecule has 0 saturated carbocycles. The van der Waals surface area contributed by atoms with E-state index in [1.54, 1.807) is 0 Å². The molecule has 0 aromatic heterocycles. The second-order valence-corrected chi connectivity index (χ2v) is 5.25. The van der Waals surface area contributed by atoms with E-state index in [0.29, 0.717) is 0 Å². The SMILES string of the molecule is CC(C)C(=O)c1ccc2ccccc2c1I. The highest BCUT2D eigenvalue weighted by Gasteiger charge is 2.15. The van der Waals surface area contributed by atoms with Crippen LogP contribution in [-0.2, 0) is 0 Å². The van der Waals surface area contributed by atoms with Crippen LogP contribution in [0.25, 0.3) is 10.8 Å². The third-order valence-electron chi connectivity index (χ3n) is 2.65. The average Bonchev–Trinajstić information content (AvgIpc) is 2.29. The van der Waals surface area contributed by atoms with E-state index >= 15 is 0 Å². The Morgan fingerprint density at radius 1 is 1.12 bits per heavy atom. The van der Waals surface area contributed by atoms with Crippen molar-refractivity contribution in [2.24, 2.45) is 5.92 Å². The predicted octanol–water partition coefficient (Wildman–Crippen LogP) is 4.28. The normalized spacial score (nSPS) is 11.0. The Balaban J connectivity index is 2.65. The number of ketones is 1. The first-order valence-electron chi connectivity index (χ1n) is 5.32. The second-order valence-electron chi connectivity index (χ2n) is 4.17. The molecule has 0 amide bonds. The zero-order valence-corrected chi connectivity index (χ0v) is 11.5. The topological polar surface area (TPSA) is 17.1 Å². The van der Waals surface area contributed by atoms with E-state index in [-0.39, 0.29) is 11.7 Å². The Hall–Kier alpha value is -0.900. The van der Waals surface area contributed by atoms with Gasteiger partial charge >= 0.3 is 0 Å². The van der Waals surface area contributed by atoms with Crippen molar-refractivity contribution in [3.05, 3.63) is 45.5 Å².